The number of alkyl halides is 2. The molecule has 1 N–H and O–H groups in total. The Labute approximate surface area is 105 Å². The van der Waals surface area contributed by atoms with Gasteiger partial charge in [-0.15, -0.1) is 0 Å². The molecule has 1 aromatic heterocycles. The van der Waals surface area contributed by atoms with E-state index >= 15 is 0 Å². The topological polar surface area (TPSA) is 24.9 Å². The molecule has 0 amide bonds. The van der Waals surface area contributed by atoms with Crippen molar-refractivity contribution in [3.05, 3.63) is 42.1 Å². The highest BCUT2D eigenvalue weighted by Gasteiger charge is 2.23. The fraction of sp³-hybridized carbons (Fsp3) is 0.357. The molecule has 96 valence electrons. The Morgan fingerprint density at radius 2 is 2.00 bits per heavy atom. The first-order valence-electron chi connectivity index (χ1n) is 6.09. The van der Waals surface area contributed by atoms with E-state index in [-0.39, 0.29) is 0 Å². The molecule has 2 nitrogen and oxygen atoms in total. The van der Waals surface area contributed by atoms with Crippen LogP contribution in [-0.2, 0) is 0 Å². The van der Waals surface area contributed by atoms with E-state index in [1.807, 2.05) is 25.1 Å². The Bertz CT molecular complexity index is 509. The molecular formula is C14H16F2N2. The number of nitrogens with one attached hydrogen (secondary N) is 1. The molecule has 0 bridgehead atoms. The van der Waals surface area contributed by atoms with E-state index in [4.69, 9.17) is 0 Å². The first-order valence-corrected chi connectivity index (χ1v) is 6.09. The fourth-order valence-electron chi connectivity index (χ4n) is 2.01. The van der Waals surface area contributed by atoms with Gasteiger partial charge < -0.3 is 5.32 Å². The van der Waals surface area contributed by atoms with E-state index in [1.54, 1.807) is 18.3 Å². The summed E-state index contributed by atoms with van der Waals surface area (Å²) in [5.41, 5.74) is 1.21. The molecule has 1 aromatic carbocycles. The molecule has 0 saturated heterocycles. The summed E-state index contributed by atoms with van der Waals surface area (Å²) in [6, 6.07) is 8.13. The number of halogens is 2. The van der Waals surface area contributed by atoms with Gasteiger partial charge in [0.1, 0.15) is 0 Å². The molecule has 0 aliphatic rings. The predicted molar refractivity (Wildman–Crippen MR) is 68.8 cm³/mol. The van der Waals surface area contributed by atoms with Crippen molar-refractivity contribution in [1.82, 2.24) is 10.3 Å². The minimum absolute atomic E-state index is 0.566. The van der Waals surface area contributed by atoms with Crippen LogP contribution in [0.25, 0.3) is 10.9 Å². The normalized spacial score (nSPS) is 13.1. The van der Waals surface area contributed by atoms with Crippen molar-refractivity contribution in [3.63, 3.8) is 0 Å². The highest BCUT2D eigenvalue weighted by molar-refractivity contribution is 5.82. The minimum Gasteiger partial charge on any atom is -0.305 e. The van der Waals surface area contributed by atoms with E-state index in [0.717, 1.165) is 11.8 Å². The molecule has 0 radical (unpaired) electrons. The van der Waals surface area contributed by atoms with Crippen molar-refractivity contribution in [3.8, 4) is 0 Å². The van der Waals surface area contributed by atoms with Crippen LogP contribution in [0.2, 0.25) is 0 Å². The van der Waals surface area contributed by atoms with Gasteiger partial charge in [0.2, 0.25) is 0 Å². The summed E-state index contributed by atoms with van der Waals surface area (Å²) >= 11 is 0. The summed E-state index contributed by atoms with van der Waals surface area (Å²) in [7, 11) is 0. The summed E-state index contributed by atoms with van der Waals surface area (Å²) in [5, 5.41) is 3.78. The second kappa shape index (κ2) is 5.87. The average Bonchev–Trinajstić information content (AvgIpc) is 2.39. The second-order valence-electron chi connectivity index (χ2n) is 4.19. The fourth-order valence-corrected chi connectivity index (χ4v) is 2.01. The zero-order chi connectivity index (χ0) is 13.0. The first kappa shape index (κ1) is 12.9. The van der Waals surface area contributed by atoms with Crippen LogP contribution in [0.5, 0.6) is 0 Å². The lowest BCUT2D eigenvalue weighted by Crippen LogP contribution is -2.28. The van der Waals surface area contributed by atoms with Crippen LogP contribution < -0.4 is 5.32 Å². The third kappa shape index (κ3) is 2.64. The third-order valence-corrected chi connectivity index (χ3v) is 2.87. The second-order valence-corrected chi connectivity index (χ2v) is 4.19. The highest BCUT2D eigenvalue weighted by atomic mass is 19.3. The minimum atomic E-state index is -2.44. The number of hydrogen-bond acceptors (Lipinski definition) is 2. The van der Waals surface area contributed by atoms with Crippen LogP contribution in [0.3, 0.4) is 0 Å². The number of aromatic nitrogens is 1. The monoisotopic (exact) mass is 250 g/mol. The van der Waals surface area contributed by atoms with Gasteiger partial charge in [0.05, 0.1) is 11.6 Å². The molecule has 0 aliphatic carbocycles. The van der Waals surface area contributed by atoms with Crippen molar-refractivity contribution < 1.29 is 8.78 Å². The smallest absolute Gasteiger partial charge is 0.257 e. The summed E-state index contributed by atoms with van der Waals surface area (Å²) < 4.78 is 26.3. The lowest BCUT2D eigenvalue weighted by Gasteiger charge is -2.19. The molecule has 0 spiro atoms. The van der Waals surface area contributed by atoms with Crippen molar-refractivity contribution >= 4 is 10.9 Å². The van der Waals surface area contributed by atoms with Crippen LogP contribution in [0.4, 0.5) is 8.78 Å². The van der Waals surface area contributed by atoms with Crippen LogP contribution in [0, 0.1) is 0 Å². The maximum atomic E-state index is 13.1. The SMILES string of the molecule is CCCNC(c1cccc2cccnc12)C(F)F. The molecule has 4 heteroatoms. The number of para-hydroxylation sites is 1. The van der Waals surface area contributed by atoms with Crippen molar-refractivity contribution in [2.24, 2.45) is 0 Å². The molecule has 0 saturated carbocycles. The number of hydrogen-bond donors (Lipinski definition) is 1. The van der Waals surface area contributed by atoms with Crippen molar-refractivity contribution in [2.45, 2.75) is 25.8 Å². The van der Waals surface area contributed by atoms with Crippen molar-refractivity contribution in [1.29, 1.82) is 0 Å². The van der Waals surface area contributed by atoms with E-state index in [2.05, 4.69) is 10.3 Å². The van der Waals surface area contributed by atoms with Gasteiger partial charge in [-0.05, 0) is 19.0 Å². The number of rotatable bonds is 5. The Kier molecular flexibility index (Phi) is 4.20. The van der Waals surface area contributed by atoms with E-state index in [1.165, 1.54) is 0 Å². The lowest BCUT2D eigenvalue weighted by molar-refractivity contribution is 0.0990. The first-order chi connectivity index (χ1) is 8.74. The summed E-state index contributed by atoms with van der Waals surface area (Å²) in [5.74, 6) is 0. The average molecular weight is 250 g/mol. The number of benzene rings is 1. The highest BCUT2D eigenvalue weighted by Crippen LogP contribution is 2.26. The Morgan fingerprint density at radius 3 is 2.72 bits per heavy atom. The maximum Gasteiger partial charge on any atom is 0.257 e. The lowest BCUT2D eigenvalue weighted by atomic mass is 10.0. The van der Waals surface area contributed by atoms with Gasteiger partial charge in [0, 0.05) is 17.1 Å². The largest absolute Gasteiger partial charge is 0.305 e. The van der Waals surface area contributed by atoms with Gasteiger partial charge in [-0.3, -0.25) is 4.98 Å². The number of nitrogens with zero attached hydrogens (tertiary/aromatic N) is 1. The summed E-state index contributed by atoms with van der Waals surface area (Å²) in [6.45, 7) is 2.52. The molecule has 1 atom stereocenters. The van der Waals surface area contributed by atoms with Crippen LogP contribution in [0.1, 0.15) is 24.9 Å². The van der Waals surface area contributed by atoms with Crippen LogP contribution in [-0.4, -0.2) is 18.0 Å². The molecule has 1 unspecified atom stereocenters. The Hall–Kier alpha value is -1.55. The van der Waals surface area contributed by atoms with E-state index < -0.39 is 12.5 Å². The quantitative estimate of drug-likeness (QED) is 0.878. The van der Waals surface area contributed by atoms with Crippen LogP contribution in [0.15, 0.2) is 36.5 Å². The zero-order valence-corrected chi connectivity index (χ0v) is 10.2. The third-order valence-electron chi connectivity index (χ3n) is 2.87. The Morgan fingerprint density at radius 1 is 1.22 bits per heavy atom. The Balaban J connectivity index is 2.43. The molecule has 2 rings (SSSR count). The van der Waals surface area contributed by atoms with Gasteiger partial charge in [0.25, 0.3) is 6.43 Å². The molecular weight excluding hydrogens is 234 g/mol. The van der Waals surface area contributed by atoms with Crippen LogP contribution >= 0.6 is 0 Å². The molecule has 1 heterocycles. The van der Waals surface area contributed by atoms with Gasteiger partial charge in [-0.2, -0.15) is 0 Å². The van der Waals surface area contributed by atoms with Gasteiger partial charge in [-0.1, -0.05) is 31.2 Å². The molecule has 2 aromatic rings. The molecule has 0 fully saturated rings. The van der Waals surface area contributed by atoms with Gasteiger partial charge in [0.15, 0.2) is 0 Å². The van der Waals surface area contributed by atoms with E-state index in [9.17, 15) is 8.78 Å². The van der Waals surface area contributed by atoms with E-state index in [0.29, 0.717) is 17.6 Å². The molecule has 18 heavy (non-hydrogen) atoms. The maximum absolute atomic E-state index is 13.1. The van der Waals surface area contributed by atoms with Crippen molar-refractivity contribution in [2.75, 3.05) is 6.54 Å². The number of fused-ring (bicyclic) bond motifs is 1. The van der Waals surface area contributed by atoms with Gasteiger partial charge in [-0.25, -0.2) is 8.78 Å². The van der Waals surface area contributed by atoms with Gasteiger partial charge >= 0.3 is 0 Å². The predicted octanol–water partition coefficient (Wildman–Crippen LogP) is 3.54. The zero-order valence-electron chi connectivity index (χ0n) is 10.2. The standard InChI is InChI=1S/C14H16F2N2/c1-2-8-17-13(14(15)16)11-7-3-5-10-6-4-9-18-12(10)11/h3-7,9,13-14,17H,2,8H2,1H3. The summed E-state index contributed by atoms with van der Waals surface area (Å²) in [4.78, 5) is 4.22. The molecule has 0 aliphatic heterocycles. The number of pyridine rings is 1. The summed E-state index contributed by atoms with van der Waals surface area (Å²) in [6.07, 6.45) is 0.0134.